The Morgan fingerprint density at radius 2 is 2.19 bits per heavy atom. The van der Waals surface area contributed by atoms with Crippen LogP contribution in [0.1, 0.15) is 32.6 Å². The van der Waals surface area contributed by atoms with Gasteiger partial charge in [-0.3, -0.25) is 4.79 Å². The van der Waals surface area contributed by atoms with Gasteiger partial charge in [-0.1, -0.05) is 6.92 Å². The topological polar surface area (TPSA) is 58.4 Å². The Kier molecular flexibility index (Phi) is 5.22. The van der Waals surface area contributed by atoms with E-state index < -0.39 is 0 Å². The zero-order valence-corrected chi connectivity index (χ0v) is 10.7. The summed E-state index contributed by atoms with van der Waals surface area (Å²) in [6.07, 6.45) is 4.23. The Morgan fingerprint density at radius 1 is 1.50 bits per heavy atom. The van der Waals surface area contributed by atoms with Crippen molar-refractivity contribution in [2.75, 3.05) is 20.6 Å². The van der Waals surface area contributed by atoms with Gasteiger partial charge in [-0.25, -0.2) is 0 Å². The third kappa shape index (κ3) is 4.10. The van der Waals surface area contributed by atoms with Gasteiger partial charge in [0.05, 0.1) is 0 Å². The van der Waals surface area contributed by atoms with E-state index in [1.54, 1.807) is 19.0 Å². The van der Waals surface area contributed by atoms with Gasteiger partial charge in [0.15, 0.2) is 0 Å². The predicted molar refractivity (Wildman–Crippen MR) is 66.1 cm³/mol. The van der Waals surface area contributed by atoms with Crippen molar-refractivity contribution in [3.63, 3.8) is 0 Å². The van der Waals surface area contributed by atoms with Gasteiger partial charge in [-0.15, -0.1) is 0 Å². The molecule has 0 bridgehead atoms. The number of nitrogens with zero attached hydrogens (tertiary/aromatic N) is 1. The lowest BCUT2D eigenvalue weighted by Gasteiger charge is -2.22. The van der Waals surface area contributed by atoms with Crippen molar-refractivity contribution in [3.8, 4) is 0 Å². The van der Waals surface area contributed by atoms with E-state index >= 15 is 0 Å². The summed E-state index contributed by atoms with van der Waals surface area (Å²) >= 11 is 0. The van der Waals surface area contributed by atoms with Crippen molar-refractivity contribution in [2.24, 2.45) is 11.7 Å². The number of rotatable bonds is 5. The molecular formula is C12H25N3O. The van der Waals surface area contributed by atoms with Gasteiger partial charge in [0, 0.05) is 39.1 Å². The van der Waals surface area contributed by atoms with Crippen molar-refractivity contribution in [1.82, 2.24) is 10.2 Å². The fraction of sp³-hybridized carbons (Fsp3) is 0.917. The standard InChI is InChI=1S/C12H25N3O/c1-9-4-5-10(6-9)14-11(8-13)7-12(16)15(2)3/h9-11,14H,4-8,13H2,1-3H3. The first-order chi connectivity index (χ1) is 7.52. The highest BCUT2D eigenvalue weighted by molar-refractivity contribution is 5.76. The van der Waals surface area contributed by atoms with Crippen molar-refractivity contribution >= 4 is 5.91 Å². The van der Waals surface area contributed by atoms with Crippen LogP contribution in [-0.2, 0) is 4.79 Å². The molecule has 1 aliphatic rings. The van der Waals surface area contributed by atoms with E-state index in [9.17, 15) is 4.79 Å². The maximum Gasteiger partial charge on any atom is 0.223 e. The monoisotopic (exact) mass is 227 g/mol. The van der Waals surface area contributed by atoms with Gasteiger partial charge < -0.3 is 16.0 Å². The zero-order chi connectivity index (χ0) is 12.1. The molecule has 94 valence electrons. The molecule has 16 heavy (non-hydrogen) atoms. The summed E-state index contributed by atoms with van der Waals surface area (Å²) in [5.41, 5.74) is 5.70. The predicted octanol–water partition coefficient (Wildman–Crippen LogP) is 0.570. The maximum atomic E-state index is 11.6. The van der Waals surface area contributed by atoms with Crippen molar-refractivity contribution in [2.45, 2.75) is 44.7 Å². The largest absolute Gasteiger partial charge is 0.349 e. The first kappa shape index (κ1) is 13.5. The van der Waals surface area contributed by atoms with Crippen molar-refractivity contribution in [3.05, 3.63) is 0 Å². The highest BCUT2D eigenvalue weighted by Gasteiger charge is 2.24. The van der Waals surface area contributed by atoms with Gasteiger partial charge >= 0.3 is 0 Å². The summed E-state index contributed by atoms with van der Waals surface area (Å²) in [5.74, 6) is 0.953. The minimum absolute atomic E-state index is 0.130. The second kappa shape index (κ2) is 6.21. The molecule has 0 radical (unpaired) electrons. The van der Waals surface area contributed by atoms with Gasteiger partial charge in [0.1, 0.15) is 0 Å². The molecule has 0 saturated heterocycles. The molecular weight excluding hydrogens is 202 g/mol. The fourth-order valence-corrected chi connectivity index (χ4v) is 2.30. The molecule has 0 aromatic rings. The van der Waals surface area contributed by atoms with Crippen LogP contribution in [0.5, 0.6) is 0 Å². The molecule has 0 aromatic carbocycles. The van der Waals surface area contributed by atoms with Crippen LogP contribution in [0, 0.1) is 5.92 Å². The van der Waals surface area contributed by atoms with E-state index in [4.69, 9.17) is 5.73 Å². The number of nitrogens with one attached hydrogen (secondary N) is 1. The number of hydrogen-bond donors (Lipinski definition) is 2. The molecule has 1 aliphatic carbocycles. The molecule has 0 spiro atoms. The van der Waals surface area contributed by atoms with E-state index in [0.717, 1.165) is 5.92 Å². The molecule has 3 N–H and O–H groups in total. The van der Waals surface area contributed by atoms with Crippen LogP contribution < -0.4 is 11.1 Å². The summed E-state index contributed by atoms with van der Waals surface area (Å²) in [6, 6.07) is 0.684. The third-order valence-electron chi connectivity index (χ3n) is 3.37. The number of nitrogens with two attached hydrogens (primary N) is 1. The summed E-state index contributed by atoms with van der Waals surface area (Å²) in [4.78, 5) is 13.2. The third-order valence-corrected chi connectivity index (χ3v) is 3.37. The minimum atomic E-state index is 0.130. The Hall–Kier alpha value is -0.610. The van der Waals surface area contributed by atoms with Crippen LogP contribution in [0.25, 0.3) is 0 Å². The first-order valence-corrected chi connectivity index (χ1v) is 6.19. The van der Waals surface area contributed by atoms with Crippen LogP contribution in [0.15, 0.2) is 0 Å². The first-order valence-electron chi connectivity index (χ1n) is 6.19. The Morgan fingerprint density at radius 3 is 2.62 bits per heavy atom. The second-order valence-corrected chi connectivity index (χ2v) is 5.21. The summed E-state index contributed by atoms with van der Waals surface area (Å²) in [6.45, 7) is 2.81. The van der Waals surface area contributed by atoms with Gasteiger partial charge in [0.25, 0.3) is 0 Å². The molecule has 4 nitrogen and oxygen atoms in total. The van der Waals surface area contributed by atoms with E-state index in [1.807, 2.05) is 0 Å². The van der Waals surface area contributed by atoms with Crippen molar-refractivity contribution in [1.29, 1.82) is 0 Å². The highest BCUT2D eigenvalue weighted by atomic mass is 16.2. The minimum Gasteiger partial charge on any atom is -0.349 e. The molecule has 3 unspecified atom stereocenters. The molecule has 0 aliphatic heterocycles. The molecule has 0 aromatic heterocycles. The molecule has 1 fully saturated rings. The van der Waals surface area contributed by atoms with E-state index in [1.165, 1.54) is 19.3 Å². The number of amides is 1. The summed E-state index contributed by atoms with van der Waals surface area (Å²) < 4.78 is 0. The van der Waals surface area contributed by atoms with Crippen LogP contribution in [-0.4, -0.2) is 43.5 Å². The van der Waals surface area contributed by atoms with Gasteiger partial charge in [0.2, 0.25) is 5.91 Å². The number of hydrogen-bond acceptors (Lipinski definition) is 3. The summed E-state index contributed by atoms with van der Waals surface area (Å²) in [7, 11) is 3.57. The van der Waals surface area contributed by atoms with E-state index in [0.29, 0.717) is 19.0 Å². The smallest absolute Gasteiger partial charge is 0.223 e. The zero-order valence-electron chi connectivity index (χ0n) is 10.7. The fourth-order valence-electron chi connectivity index (χ4n) is 2.30. The normalized spacial score (nSPS) is 26.8. The molecule has 1 amide bonds. The van der Waals surface area contributed by atoms with E-state index in [-0.39, 0.29) is 11.9 Å². The highest BCUT2D eigenvalue weighted by Crippen LogP contribution is 2.25. The molecule has 1 saturated carbocycles. The van der Waals surface area contributed by atoms with Gasteiger partial charge in [-0.05, 0) is 25.2 Å². The Balaban J connectivity index is 2.34. The van der Waals surface area contributed by atoms with Crippen LogP contribution >= 0.6 is 0 Å². The lowest BCUT2D eigenvalue weighted by atomic mass is 10.1. The van der Waals surface area contributed by atoms with Crippen LogP contribution in [0.3, 0.4) is 0 Å². The van der Waals surface area contributed by atoms with Crippen molar-refractivity contribution < 1.29 is 4.79 Å². The summed E-state index contributed by atoms with van der Waals surface area (Å²) in [5, 5.41) is 3.51. The van der Waals surface area contributed by atoms with Crippen LogP contribution in [0.4, 0.5) is 0 Å². The maximum absolute atomic E-state index is 11.6. The Labute approximate surface area is 98.6 Å². The molecule has 0 heterocycles. The number of carbonyl (C=O) groups excluding carboxylic acids is 1. The molecule has 1 rings (SSSR count). The number of carbonyl (C=O) groups is 1. The lowest BCUT2D eigenvalue weighted by Crippen LogP contribution is -2.44. The quantitative estimate of drug-likeness (QED) is 0.722. The lowest BCUT2D eigenvalue weighted by molar-refractivity contribution is -0.129. The second-order valence-electron chi connectivity index (χ2n) is 5.21. The van der Waals surface area contributed by atoms with Crippen LogP contribution in [0.2, 0.25) is 0 Å². The van der Waals surface area contributed by atoms with Gasteiger partial charge in [-0.2, -0.15) is 0 Å². The van der Waals surface area contributed by atoms with E-state index in [2.05, 4.69) is 12.2 Å². The SMILES string of the molecule is CC1CCC(NC(CN)CC(=O)N(C)C)C1. The average Bonchev–Trinajstić information content (AvgIpc) is 2.62. The average molecular weight is 227 g/mol. The molecule has 4 heteroatoms. The Bertz CT molecular complexity index is 230. The molecule has 3 atom stereocenters.